The summed E-state index contributed by atoms with van der Waals surface area (Å²) in [5, 5.41) is 0. The van der Waals surface area contributed by atoms with Gasteiger partial charge in [-0.25, -0.2) is 4.39 Å². The molecule has 0 radical (unpaired) electrons. The van der Waals surface area contributed by atoms with Gasteiger partial charge in [0.2, 0.25) is 0 Å². The summed E-state index contributed by atoms with van der Waals surface area (Å²) in [6, 6.07) is 11.4. The van der Waals surface area contributed by atoms with E-state index >= 15 is 0 Å². The van der Waals surface area contributed by atoms with Crippen molar-refractivity contribution in [3.63, 3.8) is 0 Å². The highest BCUT2D eigenvalue weighted by Gasteiger charge is 2.21. The molecule has 1 fully saturated rings. The molecule has 0 atom stereocenters. The maximum Gasteiger partial charge on any atom is 0.152 e. The van der Waals surface area contributed by atoms with Crippen LogP contribution in [0.1, 0.15) is 23.2 Å². The molecule has 0 spiro atoms. The number of rotatable bonds is 6. The molecule has 2 aromatic carbocycles. The number of aldehydes is 1. The van der Waals surface area contributed by atoms with Gasteiger partial charge < -0.3 is 9.47 Å². The van der Waals surface area contributed by atoms with Gasteiger partial charge >= 0.3 is 0 Å². The fourth-order valence-corrected chi connectivity index (χ4v) is 1.93. The van der Waals surface area contributed by atoms with Gasteiger partial charge in [0, 0.05) is 12.1 Å². The number of carbonyl (C=O) groups excluding carboxylic acids is 1. The molecule has 3 nitrogen and oxygen atoms in total. The van der Waals surface area contributed by atoms with E-state index in [4.69, 9.17) is 9.47 Å². The summed E-state index contributed by atoms with van der Waals surface area (Å²) in [6.07, 6.45) is 2.95. The predicted octanol–water partition coefficient (Wildman–Crippen LogP) is 4.22. The van der Waals surface area contributed by atoms with Crippen LogP contribution >= 0.6 is 0 Å². The SMILES string of the molecule is O=Cc1ccc(Oc2cccc(OCC3CC3)c2)cc1F. The van der Waals surface area contributed by atoms with Gasteiger partial charge in [-0.3, -0.25) is 4.79 Å². The minimum atomic E-state index is -0.594. The molecule has 0 bridgehead atoms. The monoisotopic (exact) mass is 286 g/mol. The first-order chi connectivity index (χ1) is 10.2. The van der Waals surface area contributed by atoms with E-state index in [1.807, 2.05) is 12.1 Å². The van der Waals surface area contributed by atoms with Crippen molar-refractivity contribution in [2.45, 2.75) is 12.8 Å². The number of halogens is 1. The maximum absolute atomic E-state index is 13.5. The first kappa shape index (κ1) is 13.6. The van der Waals surface area contributed by atoms with Gasteiger partial charge in [0.15, 0.2) is 6.29 Å². The lowest BCUT2D eigenvalue weighted by molar-refractivity contribution is 0.112. The minimum Gasteiger partial charge on any atom is -0.493 e. The van der Waals surface area contributed by atoms with E-state index in [-0.39, 0.29) is 5.56 Å². The summed E-state index contributed by atoms with van der Waals surface area (Å²) in [5.41, 5.74) is 0.0175. The highest BCUT2D eigenvalue weighted by atomic mass is 19.1. The molecule has 0 N–H and O–H groups in total. The largest absolute Gasteiger partial charge is 0.493 e. The number of ether oxygens (including phenoxy) is 2. The quantitative estimate of drug-likeness (QED) is 0.746. The van der Waals surface area contributed by atoms with Gasteiger partial charge in [0.25, 0.3) is 0 Å². The lowest BCUT2D eigenvalue weighted by Gasteiger charge is -2.09. The Balaban J connectivity index is 1.69. The molecule has 21 heavy (non-hydrogen) atoms. The van der Waals surface area contributed by atoms with Crippen molar-refractivity contribution in [1.29, 1.82) is 0 Å². The van der Waals surface area contributed by atoms with Crippen molar-refractivity contribution >= 4 is 6.29 Å². The van der Waals surface area contributed by atoms with E-state index in [0.29, 0.717) is 23.7 Å². The Hall–Kier alpha value is -2.36. The molecule has 1 aliphatic rings. The number of carbonyl (C=O) groups is 1. The lowest BCUT2D eigenvalue weighted by atomic mass is 10.2. The Kier molecular flexibility index (Phi) is 3.86. The van der Waals surface area contributed by atoms with E-state index in [1.165, 1.54) is 25.0 Å². The second kappa shape index (κ2) is 5.95. The van der Waals surface area contributed by atoms with E-state index in [9.17, 15) is 9.18 Å². The Labute approximate surface area is 122 Å². The van der Waals surface area contributed by atoms with E-state index in [0.717, 1.165) is 12.4 Å². The highest BCUT2D eigenvalue weighted by Crippen LogP contribution is 2.31. The molecule has 0 amide bonds. The summed E-state index contributed by atoms with van der Waals surface area (Å²) in [5.74, 6) is 1.74. The van der Waals surface area contributed by atoms with E-state index < -0.39 is 5.82 Å². The number of benzene rings is 2. The zero-order valence-corrected chi connectivity index (χ0v) is 11.4. The summed E-state index contributed by atoms with van der Waals surface area (Å²) in [4.78, 5) is 10.6. The minimum absolute atomic E-state index is 0.0175. The van der Waals surface area contributed by atoms with Crippen LogP contribution in [0.15, 0.2) is 42.5 Å². The van der Waals surface area contributed by atoms with Crippen LogP contribution in [0.3, 0.4) is 0 Å². The maximum atomic E-state index is 13.5. The van der Waals surface area contributed by atoms with Crippen LogP contribution < -0.4 is 9.47 Å². The zero-order valence-electron chi connectivity index (χ0n) is 11.4. The van der Waals surface area contributed by atoms with Gasteiger partial charge in [0.05, 0.1) is 12.2 Å². The average molecular weight is 286 g/mol. The van der Waals surface area contributed by atoms with Gasteiger partial charge in [-0.1, -0.05) is 6.07 Å². The van der Waals surface area contributed by atoms with Crippen molar-refractivity contribution in [3.05, 3.63) is 53.8 Å². The summed E-state index contributed by atoms with van der Waals surface area (Å²) < 4.78 is 24.8. The van der Waals surface area contributed by atoms with Crippen molar-refractivity contribution < 1.29 is 18.7 Å². The topological polar surface area (TPSA) is 35.5 Å². The Morgan fingerprint density at radius 1 is 1.10 bits per heavy atom. The molecule has 0 heterocycles. The van der Waals surface area contributed by atoms with Crippen molar-refractivity contribution in [3.8, 4) is 17.2 Å². The van der Waals surface area contributed by atoms with E-state index in [1.54, 1.807) is 18.2 Å². The van der Waals surface area contributed by atoms with Crippen LogP contribution in [0.25, 0.3) is 0 Å². The van der Waals surface area contributed by atoms with Crippen LogP contribution in [-0.4, -0.2) is 12.9 Å². The first-order valence-corrected chi connectivity index (χ1v) is 6.90. The van der Waals surface area contributed by atoms with Crippen LogP contribution in [0.5, 0.6) is 17.2 Å². The first-order valence-electron chi connectivity index (χ1n) is 6.90. The molecule has 0 saturated heterocycles. The fraction of sp³-hybridized carbons (Fsp3) is 0.235. The van der Waals surface area contributed by atoms with Crippen LogP contribution in [0.2, 0.25) is 0 Å². The Morgan fingerprint density at radius 2 is 1.86 bits per heavy atom. The summed E-state index contributed by atoms with van der Waals surface area (Å²) in [6.45, 7) is 0.728. The van der Waals surface area contributed by atoms with Crippen LogP contribution in [0, 0.1) is 11.7 Å². The summed E-state index contributed by atoms with van der Waals surface area (Å²) in [7, 11) is 0. The fourth-order valence-electron chi connectivity index (χ4n) is 1.93. The molecule has 1 aliphatic carbocycles. The molecule has 0 aliphatic heterocycles. The lowest BCUT2D eigenvalue weighted by Crippen LogP contribution is -1.98. The normalized spacial score (nSPS) is 13.8. The third-order valence-electron chi connectivity index (χ3n) is 3.32. The molecular formula is C17H15FO3. The smallest absolute Gasteiger partial charge is 0.152 e. The molecule has 0 unspecified atom stereocenters. The molecule has 2 aromatic rings. The highest BCUT2D eigenvalue weighted by molar-refractivity contribution is 5.75. The van der Waals surface area contributed by atoms with Crippen molar-refractivity contribution in [2.75, 3.05) is 6.61 Å². The standard InChI is InChI=1S/C17H15FO3/c18-17-9-16(7-6-13(17)10-19)21-15-3-1-2-14(8-15)20-11-12-4-5-12/h1-3,6-10,12H,4-5,11H2. The Bertz CT molecular complexity index is 650. The van der Waals surface area contributed by atoms with Gasteiger partial charge in [-0.2, -0.15) is 0 Å². The summed E-state index contributed by atoms with van der Waals surface area (Å²) >= 11 is 0. The van der Waals surface area contributed by atoms with Gasteiger partial charge in [-0.05, 0) is 43.0 Å². The second-order valence-corrected chi connectivity index (χ2v) is 5.13. The van der Waals surface area contributed by atoms with Crippen LogP contribution in [0.4, 0.5) is 4.39 Å². The third kappa shape index (κ3) is 3.60. The number of hydrogen-bond donors (Lipinski definition) is 0. The molecule has 1 saturated carbocycles. The van der Waals surface area contributed by atoms with E-state index in [2.05, 4.69) is 0 Å². The molecule has 3 rings (SSSR count). The van der Waals surface area contributed by atoms with Crippen molar-refractivity contribution in [1.82, 2.24) is 0 Å². The molecule has 0 aromatic heterocycles. The predicted molar refractivity (Wildman–Crippen MR) is 76.5 cm³/mol. The third-order valence-corrected chi connectivity index (χ3v) is 3.32. The van der Waals surface area contributed by atoms with Crippen molar-refractivity contribution in [2.24, 2.45) is 5.92 Å². The average Bonchev–Trinajstić information content (AvgIpc) is 3.30. The van der Waals surface area contributed by atoms with Crippen LogP contribution in [-0.2, 0) is 0 Å². The van der Waals surface area contributed by atoms with Gasteiger partial charge in [0.1, 0.15) is 23.1 Å². The second-order valence-electron chi connectivity index (χ2n) is 5.13. The Morgan fingerprint density at radius 3 is 2.57 bits per heavy atom. The molecule has 108 valence electrons. The zero-order chi connectivity index (χ0) is 14.7. The molecule has 4 heteroatoms. The number of hydrogen-bond acceptors (Lipinski definition) is 3. The van der Waals surface area contributed by atoms with Gasteiger partial charge in [-0.15, -0.1) is 0 Å². The molecular weight excluding hydrogens is 271 g/mol.